The molecular weight excluding hydrogens is 268 g/mol. The zero-order valence-electron chi connectivity index (χ0n) is 12.9. The molecule has 0 aromatic heterocycles. The summed E-state index contributed by atoms with van der Waals surface area (Å²) in [6.45, 7) is 5.90. The lowest BCUT2D eigenvalue weighted by Gasteiger charge is -2.30. The van der Waals surface area contributed by atoms with Crippen molar-refractivity contribution in [3.63, 3.8) is 0 Å². The lowest BCUT2D eigenvalue weighted by atomic mass is 9.71. The van der Waals surface area contributed by atoms with Crippen LogP contribution in [0.4, 0.5) is 0 Å². The molecule has 1 aromatic carbocycles. The van der Waals surface area contributed by atoms with Gasteiger partial charge in [-0.05, 0) is 37.5 Å². The number of hydrogen-bond donors (Lipinski definition) is 0. The summed E-state index contributed by atoms with van der Waals surface area (Å²) in [5.74, 6) is -2.26. The number of carbonyl (C=O) groups is 3. The van der Waals surface area contributed by atoms with Gasteiger partial charge in [0.25, 0.3) is 0 Å². The lowest BCUT2D eigenvalue weighted by molar-refractivity contribution is -0.152. The lowest BCUT2D eigenvalue weighted by Crippen LogP contribution is -2.38. The van der Waals surface area contributed by atoms with E-state index in [4.69, 9.17) is 4.74 Å². The van der Waals surface area contributed by atoms with Crippen molar-refractivity contribution >= 4 is 17.5 Å². The second-order valence-corrected chi connectivity index (χ2v) is 5.81. The first-order valence-corrected chi connectivity index (χ1v) is 7.05. The number of esters is 1. The summed E-state index contributed by atoms with van der Waals surface area (Å²) in [5, 5.41) is 0. The van der Waals surface area contributed by atoms with E-state index in [9.17, 15) is 14.4 Å². The molecule has 0 heterocycles. The molecule has 1 fully saturated rings. The van der Waals surface area contributed by atoms with Crippen LogP contribution in [0, 0.1) is 26.7 Å². The van der Waals surface area contributed by atoms with E-state index in [0.717, 1.165) is 22.3 Å². The summed E-state index contributed by atoms with van der Waals surface area (Å²) >= 11 is 0. The molecule has 2 rings (SSSR count). The average molecular weight is 288 g/mol. The molecule has 21 heavy (non-hydrogen) atoms. The van der Waals surface area contributed by atoms with E-state index in [2.05, 4.69) is 0 Å². The number of Topliss-reactive ketones (excluding diaryl/α,β-unsaturated/α-hetero) is 2. The van der Waals surface area contributed by atoms with Crippen molar-refractivity contribution < 1.29 is 19.1 Å². The van der Waals surface area contributed by atoms with Crippen molar-refractivity contribution in [3.8, 4) is 0 Å². The van der Waals surface area contributed by atoms with Crippen molar-refractivity contribution in [3.05, 3.63) is 34.4 Å². The smallest absolute Gasteiger partial charge is 0.316 e. The molecule has 0 amide bonds. The predicted octanol–water partition coefficient (Wildman–Crippen LogP) is 2.42. The molecule has 2 atom stereocenters. The topological polar surface area (TPSA) is 60.4 Å². The van der Waals surface area contributed by atoms with Gasteiger partial charge in [-0.3, -0.25) is 14.4 Å². The van der Waals surface area contributed by atoms with Gasteiger partial charge in [0.2, 0.25) is 0 Å². The first kappa shape index (κ1) is 15.4. The maximum Gasteiger partial charge on any atom is 0.316 e. The van der Waals surface area contributed by atoms with Crippen LogP contribution < -0.4 is 0 Å². The minimum Gasteiger partial charge on any atom is -0.468 e. The van der Waals surface area contributed by atoms with Crippen molar-refractivity contribution in [2.75, 3.05) is 7.11 Å². The largest absolute Gasteiger partial charge is 0.468 e. The molecule has 4 nitrogen and oxygen atoms in total. The number of benzene rings is 1. The van der Waals surface area contributed by atoms with E-state index >= 15 is 0 Å². The maximum absolute atomic E-state index is 12.2. The molecule has 0 radical (unpaired) electrons. The minimum absolute atomic E-state index is 0.107. The summed E-state index contributed by atoms with van der Waals surface area (Å²) in [6, 6.07) is 4.03. The fraction of sp³-hybridized carbons (Fsp3) is 0.471. The highest BCUT2D eigenvalue weighted by atomic mass is 16.5. The van der Waals surface area contributed by atoms with Crippen molar-refractivity contribution in [2.45, 2.75) is 39.5 Å². The third-order valence-corrected chi connectivity index (χ3v) is 4.13. The first-order chi connectivity index (χ1) is 9.85. The van der Waals surface area contributed by atoms with Gasteiger partial charge in [0.15, 0.2) is 5.78 Å². The number of rotatable bonds is 2. The normalized spacial score (nSPS) is 22.3. The number of ketones is 2. The van der Waals surface area contributed by atoms with Gasteiger partial charge in [0, 0.05) is 12.3 Å². The van der Waals surface area contributed by atoms with E-state index < -0.39 is 17.8 Å². The standard InChI is InChI=1S/C17H20O4/c1-9-5-10(2)15(11(3)6-9)13-7-12(18)8-14(19)16(13)17(20)21-4/h5-6,13,16H,7-8H2,1-4H3/t13-,16-/m1/s1. The molecule has 1 aliphatic carbocycles. The Labute approximate surface area is 124 Å². The molecular formula is C17H20O4. The third kappa shape index (κ3) is 2.89. The summed E-state index contributed by atoms with van der Waals surface area (Å²) < 4.78 is 4.78. The maximum atomic E-state index is 12.2. The molecule has 1 saturated carbocycles. The molecule has 0 saturated heterocycles. The average Bonchev–Trinajstić information content (AvgIpc) is 2.36. The number of hydrogen-bond acceptors (Lipinski definition) is 4. The zero-order chi connectivity index (χ0) is 15.7. The molecule has 0 spiro atoms. The number of carbonyl (C=O) groups excluding carboxylic acids is 3. The molecule has 112 valence electrons. The Morgan fingerprint density at radius 2 is 1.71 bits per heavy atom. The fourth-order valence-corrected chi connectivity index (χ4v) is 3.43. The molecule has 1 aromatic rings. The van der Waals surface area contributed by atoms with Crippen molar-refractivity contribution in [1.82, 2.24) is 0 Å². The number of methoxy groups -OCH3 is 1. The van der Waals surface area contributed by atoms with Crippen LogP contribution in [0.3, 0.4) is 0 Å². The molecule has 0 N–H and O–H groups in total. The number of aryl methyl sites for hydroxylation is 3. The van der Waals surface area contributed by atoms with Gasteiger partial charge in [-0.25, -0.2) is 0 Å². The number of ether oxygens (including phenoxy) is 1. The summed E-state index contributed by atoms with van der Waals surface area (Å²) in [6.07, 6.45) is 0.0521. The molecule has 4 heteroatoms. The fourth-order valence-electron chi connectivity index (χ4n) is 3.43. The van der Waals surface area contributed by atoms with Gasteiger partial charge in [0.1, 0.15) is 11.7 Å². The Morgan fingerprint density at radius 3 is 2.24 bits per heavy atom. The quantitative estimate of drug-likeness (QED) is 0.619. The molecule has 0 bridgehead atoms. The second kappa shape index (κ2) is 5.80. The van der Waals surface area contributed by atoms with E-state index in [1.165, 1.54) is 7.11 Å². The van der Waals surface area contributed by atoms with Crippen LogP contribution in [0.25, 0.3) is 0 Å². The van der Waals surface area contributed by atoms with Crippen LogP contribution in [-0.4, -0.2) is 24.6 Å². The van der Waals surface area contributed by atoms with E-state index in [-0.39, 0.29) is 24.4 Å². The van der Waals surface area contributed by atoms with Gasteiger partial charge >= 0.3 is 5.97 Å². The Hall–Kier alpha value is -1.97. The minimum atomic E-state index is -0.868. The Kier molecular flexibility index (Phi) is 4.26. The second-order valence-electron chi connectivity index (χ2n) is 5.81. The highest BCUT2D eigenvalue weighted by Crippen LogP contribution is 2.38. The SMILES string of the molecule is COC(=O)[C@H]1C(=O)CC(=O)C[C@@H]1c1c(C)cc(C)cc1C. The monoisotopic (exact) mass is 288 g/mol. The van der Waals surface area contributed by atoms with Gasteiger partial charge in [-0.1, -0.05) is 17.7 Å². The summed E-state index contributed by atoms with van der Waals surface area (Å²) in [5.41, 5.74) is 4.07. The van der Waals surface area contributed by atoms with E-state index in [1.807, 2.05) is 32.9 Å². The van der Waals surface area contributed by atoms with Gasteiger partial charge in [-0.2, -0.15) is 0 Å². The Morgan fingerprint density at radius 1 is 1.14 bits per heavy atom. The van der Waals surface area contributed by atoms with Crippen LogP contribution in [0.2, 0.25) is 0 Å². The van der Waals surface area contributed by atoms with Crippen molar-refractivity contribution in [2.24, 2.45) is 5.92 Å². The Bertz CT molecular complexity index is 592. The third-order valence-electron chi connectivity index (χ3n) is 4.13. The van der Waals surface area contributed by atoms with Gasteiger partial charge in [-0.15, -0.1) is 0 Å². The van der Waals surface area contributed by atoms with E-state index in [1.54, 1.807) is 0 Å². The Balaban J connectivity index is 2.54. The van der Waals surface area contributed by atoms with Crippen LogP contribution in [0.5, 0.6) is 0 Å². The van der Waals surface area contributed by atoms with Gasteiger partial charge in [0.05, 0.1) is 13.5 Å². The summed E-state index contributed by atoms with van der Waals surface area (Å²) in [4.78, 5) is 36.0. The molecule has 0 unspecified atom stereocenters. The van der Waals surface area contributed by atoms with E-state index in [0.29, 0.717) is 0 Å². The van der Waals surface area contributed by atoms with Crippen LogP contribution in [0.1, 0.15) is 41.0 Å². The van der Waals surface area contributed by atoms with Gasteiger partial charge < -0.3 is 4.74 Å². The first-order valence-electron chi connectivity index (χ1n) is 7.05. The highest BCUT2D eigenvalue weighted by Gasteiger charge is 2.43. The van der Waals surface area contributed by atoms with Crippen LogP contribution >= 0.6 is 0 Å². The van der Waals surface area contributed by atoms with Crippen LogP contribution in [0.15, 0.2) is 12.1 Å². The van der Waals surface area contributed by atoms with Crippen LogP contribution in [-0.2, 0) is 19.1 Å². The highest BCUT2D eigenvalue weighted by molar-refractivity contribution is 6.11. The molecule has 0 aliphatic heterocycles. The van der Waals surface area contributed by atoms with Crippen molar-refractivity contribution in [1.29, 1.82) is 0 Å². The predicted molar refractivity (Wildman–Crippen MR) is 78.1 cm³/mol. The summed E-state index contributed by atoms with van der Waals surface area (Å²) in [7, 11) is 1.28. The molecule has 1 aliphatic rings. The zero-order valence-corrected chi connectivity index (χ0v) is 12.9.